The van der Waals surface area contributed by atoms with Crippen LogP contribution in [0.5, 0.6) is 5.75 Å². The fourth-order valence-corrected chi connectivity index (χ4v) is 3.49. The topological polar surface area (TPSA) is 72.9 Å². The first kappa shape index (κ1) is 18.7. The van der Waals surface area contributed by atoms with Crippen LogP contribution >= 0.6 is 0 Å². The smallest absolute Gasteiger partial charge is 0.341 e. The first-order valence-electron chi connectivity index (χ1n) is 9.25. The second-order valence-corrected chi connectivity index (χ2v) is 6.85. The van der Waals surface area contributed by atoms with Gasteiger partial charge in [0.15, 0.2) is 0 Å². The summed E-state index contributed by atoms with van der Waals surface area (Å²) in [7, 11) is 1.27. The van der Waals surface area contributed by atoms with E-state index >= 15 is 0 Å². The molecule has 1 atom stereocenters. The fraction of sp³-hybridized carbons (Fsp3) is 0.174. The van der Waals surface area contributed by atoms with Crippen molar-refractivity contribution in [2.75, 3.05) is 18.6 Å². The molecule has 146 valence electrons. The lowest BCUT2D eigenvalue weighted by Crippen LogP contribution is -2.27. The Morgan fingerprint density at radius 2 is 1.62 bits per heavy atom. The van der Waals surface area contributed by atoms with Crippen molar-refractivity contribution in [3.63, 3.8) is 0 Å². The van der Waals surface area contributed by atoms with Gasteiger partial charge in [0.1, 0.15) is 11.3 Å². The number of hydrogen-bond donors (Lipinski definition) is 0. The van der Waals surface area contributed by atoms with Crippen molar-refractivity contribution in [3.05, 3.63) is 72.3 Å². The van der Waals surface area contributed by atoms with Crippen LogP contribution in [0.1, 0.15) is 16.8 Å². The number of para-hydroxylation sites is 1. The number of ether oxygens (including phenoxy) is 2. The van der Waals surface area contributed by atoms with E-state index in [1.54, 1.807) is 17.0 Å². The maximum Gasteiger partial charge on any atom is 0.341 e. The molecule has 0 N–H and O–H groups in total. The number of amides is 1. The second kappa shape index (κ2) is 7.75. The van der Waals surface area contributed by atoms with Gasteiger partial charge >= 0.3 is 11.9 Å². The summed E-state index contributed by atoms with van der Waals surface area (Å²) in [5.74, 6) is -1.75. The van der Waals surface area contributed by atoms with Crippen molar-refractivity contribution in [2.24, 2.45) is 5.92 Å². The molecule has 0 bridgehead atoms. The van der Waals surface area contributed by atoms with Crippen molar-refractivity contribution in [3.8, 4) is 5.75 Å². The van der Waals surface area contributed by atoms with E-state index < -0.39 is 17.9 Å². The number of carbonyl (C=O) groups excluding carboxylic acids is 3. The van der Waals surface area contributed by atoms with E-state index in [-0.39, 0.29) is 30.2 Å². The van der Waals surface area contributed by atoms with E-state index in [9.17, 15) is 14.4 Å². The van der Waals surface area contributed by atoms with E-state index in [2.05, 4.69) is 0 Å². The molecule has 1 amide bonds. The Balaban J connectivity index is 1.59. The van der Waals surface area contributed by atoms with E-state index in [4.69, 9.17) is 9.47 Å². The Morgan fingerprint density at radius 1 is 0.966 bits per heavy atom. The first-order chi connectivity index (χ1) is 14.1. The van der Waals surface area contributed by atoms with Crippen LogP contribution in [0.25, 0.3) is 10.8 Å². The van der Waals surface area contributed by atoms with Crippen LogP contribution < -0.4 is 9.64 Å². The Hall–Kier alpha value is -3.67. The van der Waals surface area contributed by atoms with Crippen molar-refractivity contribution in [1.29, 1.82) is 0 Å². The summed E-state index contributed by atoms with van der Waals surface area (Å²) >= 11 is 0. The third-order valence-corrected chi connectivity index (χ3v) is 4.99. The van der Waals surface area contributed by atoms with Gasteiger partial charge in [0.25, 0.3) is 0 Å². The molecule has 0 aliphatic carbocycles. The minimum Gasteiger partial charge on any atom is -0.465 e. The molecule has 4 rings (SSSR count). The highest BCUT2D eigenvalue weighted by atomic mass is 16.5. The van der Waals surface area contributed by atoms with Crippen molar-refractivity contribution < 1.29 is 23.9 Å². The summed E-state index contributed by atoms with van der Waals surface area (Å²) in [5.41, 5.74) is 0.914. The number of benzene rings is 3. The van der Waals surface area contributed by atoms with Gasteiger partial charge in [0.2, 0.25) is 5.91 Å². The van der Waals surface area contributed by atoms with E-state index in [1.165, 1.54) is 7.11 Å². The maximum absolute atomic E-state index is 12.8. The highest BCUT2D eigenvalue weighted by Gasteiger charge is 2.36. The monoisotopic (exact) mass is 389 g/mol. The van der Waals surface area contributed by atoms with Gasteiger partial charge in [-0.2, -0.15) is 0 Å². The molecule has 0 aromatic heterocycles. The summed E-state index contributed by atoms with van der Waals surface area (Å²) < 4.78 is 10.4. The summed E-state index contributed by atoms with van der Waals surface area (Å²) in [6, 6.07) is 19.9. The first-order valence-corrected chi connectivity index (χ1v) is 9.25. The molecular weight excluding hydrogens is 370 g/mol. The lowest BCUT2D eigenvalue weighted by atomic mass is 10.1. The van der Waals surface area contributed by atoms with Crippen molar-refractivity contribution in [2.45, 2.75) is 6.42 Å². The molecule has 3 aromatic carbocycles. The fourth-order valence-electron chi connectivity index (χ4n) is 3.49. The van der Waals surface area contributed by atoms with Gasteiger partial charge in [-0.15, -0.1) is 0 Å². The van der Waals surface area contributed by atoms with Gasteiger partial charge in [-0.3, -0.25) is 9.59 Å². The quantitative estimate of drug-likeness (QED) is 0.504. The molecular formula is C23H19NO5. The largest absolute Gasteiger partial charge is 0.465 e. The minimum atomic E-state index is -0.611. The molecule has 6 nitrogen and oxygen atoms in total. The van der Waals surface area contributed by atoms with Crippen LogP contribution in [-0.4, -0.2) is 31.5 Å². The average Bonchev–Trinajstić information content (AvgIpc) is 3.15. The Bertz CT molecular complexity index is 1090. The Morgan fingerprint density at radius 3 is 2.31 bits per heavy atom. The number of nitrogens with zero attached hydrogens (tertiary/aromatic N) is 1. The van der Waals surface area contributed by atoms with E-state index in [0.29, 0.717) is 0 Å². The molecule has 1 aliphatic heterocycles. The zero-order valence-electron chi connectivity index (χ0n) is 15.8. The predicted molar refractivity (Wildman–Crippen MR) is 108 cm³/mol. The molecule has 0 radical (unpaired) electrons. The number of methoxy groups -OCH3 is 1. The average molecular weight is 389 g/mol. The third-order valence-electron chi connectivity index (χ3n) is 4.99. The normalized spacial score (nSPS) is 16.1. The summed E-state index contributed by atoms with van der Waals surface area (Å²) in [5, 5.41) is 1.66. The van der Waals surface area contributed by atoms with Crippen LogP contribution in [0.2, 0.25) is 0 Å². The van der Waals surface area contributed by atoms with Gasteiger partial charge in [-0.05, 0) is 35.0 Å². The molecule has 1 unspecified atom stereocenters. The number of fused-ring (bicyclic) bond motifs is 1. The molecule has 1 aliphatic rings. The number of anilines is 1. The SMILES string of the molecule is COC(=O)c1cc2ccccc2cc1OC(=O)C1CC(=O)N(c2ccccc2)C1. The van der Waals surface area contributed by atoms with Gasteiger partial charge in [0, 0.05) is 18.7 Å². The Labute approximate surface area is 167 Å². The molecule has 0 spiro atoms. The number of hydrogen-bond acceptors (Lipinski definition) is 5. The zero-order chi connectivity index (χ0) is 20.4. The van der Waals surface area contributed by atoms with Crippen LogP contribution in [-0.2, 0) is 14.3 Å². The van der Waals surface area contributed by atoms with Crippen LogP contribution in [0.4, 0.5) is 5.69 Å². The highest BCUT2D eigenvalue weighted by Crippen LogP contribution is 2.30. The van der Waals surface area contributed by atoms with Crippen LogP contribution in [0.15, 0.2) is 66.7 Å². The van der Waals surface area contributed by atoms with Crippen molar-refractivity contribution in [1.82, 2.24) is 0 Å². The molecule has 1 fully saturated rings. The van der Waals surface area contributed by atoms with E-state index in [0.717, 1.165) is 16.5 Å². The molecule has 0 saturated carbocycles. The van der Waals surface area contributed by atoms with Crippen LogP contribution in [0.3, 0.4) is 0 Å². The highest BCUT2D eigenvalue weighted by molar-refractivity contribution is 6.01. The number of carbonyl (C=O) groups is 3. The lowest BCUT2D eigenvalue weighted by molar-refractivity contribution is -0.139. The predicted octanol–water partition coefficient (Wildman–Crippen LogP) is 3.58. The van der Waals surface area contributed by atoms with Gasteiger partial charge < -0.3 is 14.4 Å². The summed E-state index contributed by atoms with van der Waals surface area (Å²) in [4.78, 5) is 38.9. The number of esters is 2. The van der Waals surface area contributed by atoms with Crippen molar-refractivity contribution >= 4 is 34.3 Å². The van der Waals surface area contributed by atoms with Gasteiger partial charge in [-0.1, -0.05) is 42.5 Å². The molecule has 29 heavy (non-hydrogen) atoms. The summed E-state index contributed by atoms with van der Waals surface area (Å²) in [6.45, 7) is 0.239. The minimum absolute atomic E-state index is 0.0644. The second-order valence-electron chi connectivity index (χ2n) is 6.85. The maximum atomic E-state index is 12.8. The lowest BCUT2D eigenvalue weighted by Gasteiger charge is -2.16. The van der Waals surface area contributed by atoms with Crippen LogP contribution in [0, 0.1) is 5.92 Å². The zero-order valence-corrected chi connectivity index (χ0v) is 15.8. The Kier molecular flexibility index (Phi) is 4.99. The molecule has 1 saturated heterocycles. The third kappa shape index (κ3) is 3.69. The van der Waals surface area contributed by atoms with Gasteiger partial charge in [-0.25, -0.2) is 4.79 Å². The summed E-state index contributed by atoms with van der Waals surface area (Å²) in [6.07, 6.45) is 0.0644. The molecule has 6 heteroatoms. The van der Waals surface area contributed by atoms with E-state index in [1.807, 2.05) is 54.6 Å². The number of rotatable bonds is 4. The van der Waals surface area contributed by atoms with Gasteiger partial charge in [0.05, 0.1) is 13.0 Å². The molecule has 1 heterocycles. The molecule has 3 aromatic rings. The standard InChI is InChI=1S/C23H19NO5/c1-28-23(27)19-11-15-7-5-6-8-16(15)12-20(19)29-22(26)17-13-21(25)24(14-17)18-9-3-2-4-10-18/h2-12,17H,13-14H2,1H3.